The van der Waals surface area contributed by atoms with Crippen molar-refractivity contribution in [2.75, 3.05) is 24.3 Å². The maximum atomic E-state index is 12.6. The molecule has 0 aliphatic carbocycles. The summed E-state index contributed by atoms with van der Waals surface area (Å²) in [6, 6.07) is 10.6. The van der Waals surface area contributed by atoms with Gasteiger partial charge in [-0.25, -0.2) is 4.98 Å². The zero-order valence-corrected chi connectivity index (χ0v) is 16.0. The molecular weight excluding hydrogens is 373 g/mol. The molecule has 3 aromatic rings. The van der Waals surface area contributed by atoms with Crippen LogP contribution in [0, 0.1) is 6.92 Å². The molecule has 0 aliphatic heterocycles. The number of aromatic nitrogens is 3. The van der Waals surface area contributed by atoms with Crippen LogP contribution in [0.15, 0.2) is 42.6 Å². The average Bonchev–Trinajstić information content (AvgIpc) is 2.95. The van der Waals surface area contributed by atoms with Gasteiger partial charge in [0.1, 0.15) is 5.82 Å². The SMILES string of the molecule is Cc1cc(NC(=O)c2ccc(N(C)C)cc2)n(-c2ncc(Cl)cc2Cl)n1. The number of hydrogen-bond donors (Lipinski definition) is 1. The number of hydrogen-bond acceptors (Lipinski definition) is 4. The minimum atomic E-state index is -0.249. The number of benzene rings is 1. The molecule has 8 heteroatoms. The Bertz CT molecular complexity index is 951. The third-order valence-electron chi connectivity index (χ3n) is 3.71. The van der Waals surface area contributed by atoms with Crippen LogP contribution in [-0.4, -0.2) is 34.8 Å². The first kappa shape index (κ1) is 18.2. The summed E-state index contributed by atoms with van der Waals surface area (Å²) in [6.45, 7) is 1.82. The van der Waals surface area contributed by atoms with E-state index in [0.717, 1.165) is 11.4 Å². The zero-order valence-electron chi connectivity index (χ0n) is 14.5. The number of nitrogens with one attached hydrogen (secondary N) is 1. The molecule has 1 amide bonds. The highest BCUT2D eigenvalue weighted by Gasteiger charge is 2.15. The number of anilines is 2. The fourth-order valence-electron chi connectivity index (χ4n) is 2.41. The van der Waals surface area contributed by atoms with Crippen molar-refractivity contribution >= 4 is 40.6 Å². The van der Waals surface area contributed by atoms with Crippen LogP contribution >= 0.6 is 23.2 Å². The van der Waals surface area contributed by atoms with E-state index in [2.05, 4.69) is 15.4 Å². The molecule has 0 bridgehead atoms. The van der Waals surface area contributed by atoms with E-state index in [0.29, 0.717) is 27.2 Å². The van der Waals surface area contributed by atoms with Gasteiger partial charge in [0.05, 0.1) is 15.7 Å². The highest BCUT2D eigenvalue weighted by atomic mass is 35.5. The van der Waals surface area contributed by atoms with Crippen molar-refractivity contribution in [1.29, 1.82) is 0 Å². The summed E-state index contributed by atoms with van der Waals surface area (Å²) < 4.78 is 1.49. The molecule has 26 heavy (non-hydrogen) atoms. The number of pyridine rings is 1. The van der Waals surface area contributed by atoms with E-state index in [1.54, 1.807) is 24.3 Å². The van der Waals surface area contributed by atoms with Crippen LogP contribution in [0.4, 0.5) is 11.5 Å². The van der Waals surface area contributed by atoms with Crippen molar-refractivity contribution in [3.05, 3.63) is 63.9 Å². The van der Waals surface area contributed by atoms with E-state index in [4.69, 9.17) is 23.2 Å². The van der Waals surface area contributed by atoms with Gasteiger partial charge in [0.25, 0.3) is 5.91 Å². The molecule has 1 aromatic carbocycles. The Balaban J connectivity index is 1.89. The standard InChI is InChI=1S/C18H17Cl2N5O/c1-11-8-16(25(23-11)17-15(20)9-13(19)10-21-17)22-18(26)12-4-6-14(7-5-12)24(2)3/h4-10H,1-3H3,(H,22,26). The average molecular weight is 390 g/mol. The topological polar surface area (TPSA) is 63.1 Å². The lowest BCUT2D eigenvalue weighted by molar-refractivity contribution is 0.102. The Morgan fingerprint density at radius 2 is 1.85 bits per heavy atom. The second kappa shape index (κ2) is 7.35. The molecule has 0 saturated carbocycles. The Hall–Kier alpha value is -2.57. The van der Waals surface area contributed by atoms with E-state index in [9.17, 15) is 4.79 Å². The molecule has 1 N–H and O–H groups in total. The normalized spacial score (nSPS) is 10.7. The maximum absolute atomic E-state index is 12.6. The number of carbonyl (C=O) groups is 1. The summed E-state index contributed by atoms with van der Waals surface area (Å²) in [6.07, 6.45) is 1.48. The van der Waals surface area contributed by atoms with Crippen molar-refractivity contribution in [2.24, 2.45) is 0 Å². The van der Waals surface area contributed by atoms with E-state index in [-0.39, 0.29) is 5.91 Å². The van der Waals surface area contributed by atoms with Crippen LogP contribution in [-0.2, 0) is 0 Å². The molecule has 0 atom stereocenters. The van der Waals surface area contributed by atoms with E-state index in [1.165, 1.54) is 10.9 Å². The molecule has 3 rings (SSSR count). The quantitative estimate of drug-likeness (QED) is 0.725. The lowest BCUT2D eigenvalue weighted by Crippen LogP contribution is -2.16. The molecule has 0 fully saturated rings. The Morgan fingerprint density at radius 1 is 1.15 bits per heavy atom. The Morgan fingerprint density at radius 3 is 2.46 bits per heavy atom. The highest BCUT2D eigenvalue weighted by Crippen LogP contribution is 2.25. The molecule has 134 valence electrons. The smallest absolute Gasteiger partial charge is 0.256 e. The number of aryl methyl sites for hydroxylation is 1. The van der Waals surface area contributed by atoms with Gasteiger partial charge < -0.3 is 10.2 Å². The first-order valence-corrected chi connectivity index (χ1v) is 8.57. The summed E-state index contributed by atoms with van der Waals surface area (Å²) in [5.41, 5.74) is 2.27. The van der Waals surface area contributed by atoms with E-state index < -0.39 is 0 Å². The van der Waals surface area contributed by atoms with Crippen LogP contribution in [0.1, 0.15) is 16.1 Å². The lowest BCUT2D eigenvalue weighted by atomic mass is 10.2. The van der Waals surface area contributed by atoms with Gasteiger partial charge in [0.2, 0.25) is 0 Å². The molecule has 0 saturated heterocycles. The minimum absolute atomic E-state index is 0.249. The Labute approximate surface area is 161 Å². The molecule has 0 spiro atoms. The maximum Gasteiger partial charge on any atom is 0.256 e. The van der Waals surface area contributed by atoms with Gasteiger partial charge in [-0.3, -0.25) is 4.79 Å². The summed E-state index contributed by atoms with van der Waals surface area (Å²) in [5, 5.41) is 7.98. The zero-order chi connectivity index (χ0) is 18.8. The first-order chi connectivity index (χ1) is 12.3. The molecule has 2 aromatic heterocycles. The number of halogens is 2. The Kier molecular flexibility index (Phi) is 5.15. The summed E-state index contributed by atoms with van der Waals surface area (Å²) in [4.78, 5) is 18.8. The third-order valence-corrected chi connectivity index (χ3v) is 4.19. The summed E-state index contributed by atoms with van der Waals surface area (Å²) in [5.74, 6) is 0.616. The molecular formula is C18H17Cl2N5O. The molecule has 6 nitrogen and oxygen atoms in total. The fraction of sp³-hybridized carbons (Fsp3) is 0.167. The number of nitrogens with zero attached hydrogens (tertiary/aromatic N) is 4. The van der Waals surface area contributed by atoms with Crippen LogP contribution in [0.2, 0.25) is 10.0 Å². The molecule has 0 aliphatic rings. The molecule has 0 radical (unpaired) electrons. The van der Waals surface area contributed by atoms with Gasteiger partial charge in [-0.1, -0.05) is 23.2 Å². The van der Waals surface area contributed by atoms with Crippen molar-refractivity contribution in [2.45, 2.75) is 6.92 Å². The van der Waals surface area contributed by atoms with Crippen LogP contribution in [0.25, 0.3) is 5.82 Å². The predicted octanol–water partition coefficient (Wildman–Crippen LogP) is 4.20. The van der Waals surface area contributed by atoms with Gasteiger partial charge in [0, 0.05) is 37.6 Å². The second-order valence-electron chi connectivity index (χ2n) is 5.94. The van der Waals surface area contributed by atoms with Crippen LogP contribution < -0.4 is 10.2 Å². The largest absolute Gasteiger partial charge is 0.378 e. The monoisotopic (exact) mass is 389 g/mol. The van der Waals surface area contributed by atoms with Gasteiger partial charge in [0.15, 0.2) is 5.82 Å². The number of carbonyl (C=O) groups excluding carboxylic acids is 1. The van der Waals surface area contributed by atoms with Gasteiger partial charge in [-0.15, -0.1) is 0 Å². The predicted molar refractivity (Wildman–Crippen MR) is 105 cm³/mol. The van der Waals surface area contributed by atoms with Gasteiger partial charge >= 0.3 is 0 Å². The van der Waals surface area contributed by atoms with Crippen molar-refractivity contribution in [1.82, 2.24) is 14.8 Å². The molecule has 0 unspecified atom stereocenters. The lowest BCUT2D eigenvalue weighted by Gasteiger charge is -2.13. The van der Waals surface area contributed by atoms with Gasteiger partial charge in [-0.2, -0.15) is 9.78 Å². The second-order valence-corrected chi connectivity index (χ2v) is 6.78. The van der Waals surface area contributed by atoms with Crippen molar-refractivity contribution in [3.63, 3.8) is 0 Å². The van der Waals surface area contributed by atoms with Gasteiger partial charge in [-0.05, 0) is 37.3 Å². The number of rotatable bonds is 4. The van der Waals surface area contributed by atoms with Crippen molar-refractivity contribution < 1.29 is 4.79 Å². The summed E-state index contributed by atoms with van der Waals surface area (Å²) in [7, 11) is 3.89. The van der Waals surface area contributed by atoms with Crippen molar-refractivity contribution in [3.8, 4) is 5.82 Å². The fourth-order valence-corrected chi connectivity index (χ4v) is 2.87. The summed E-state index contributed by atoms with van der Waals surface area (Å²) >= 11 is 12.1. The van der Waals surface area contributed by atoms with E-state index in [1.807, 2.05) is 38.1 Å². The third kappa shape index (κ3) is 3.81. The van der Waals surface area contributed by atoms with E-state index >= 15 is 0 Å². The van der Waals surface area contributed by atoms with Crippen LogP contribution in [0.5, 0.6) is 0 Å². The first-order valence-electron chi connectivity index (χ1n) is 7.82. The van der Waals surface area contributed by atoms with Crippen LogP contribution in [0.3, 0.4) is 0 Å². The highest BCUT2D eigenvalue weighted by molar-refractivity contribution is 6.35. The molecule has 2 heterocycles. The number of amides is 1. The minimum Gasteiger partial charge on any atom is -0.378 e.